The number of rotatable bonds is 11. The zero-order valence-corrected chi connectivity index (χ0v) is 11.6. The fraction of sp³-hybridized carbons (Fsp3) is 0.857. The molecular formula is C14H28P. The number of hydrogen-bond donors (Lipinski definition) is 0. The lowest BCUT2D eigenvalue weighted by Crippen LogP contribution is -1.79. The van der Waals surface area contributed by atoms with Crippen molar-refractivity contribution in [2.75, 3.05) is 6.16 Å². The summed E-state index contributed by atoms with van der Waals surface area (Å²) in [6.45, 7) is 4.53. The van der Waals surface area contributed by atoms with E-state index in [9.17, 15) is 0 Å². The Kier molecular flexibility index (Phi) is 14.3. The molecule has 0 aromatic carbocycles. The van der Waals surface area contributed by atoms with Gasteiger partial charge in [0.1, 0.15) is 0 Å². The Morgan fingerprint density at radius 2 is 1.47 bits per heavy atom. The lowest BCUT2D eigenvalue weighted by Gasteiger charge is -1.98. The largest absolute Gasteiger partial charge is 0.0837 e. The van der Waals surface area contributed by atoms with Crippen LogP contribution in [-0.4, -0.2) is 6.16 Å². The molecule has 0 saturated heterocycles. The van der Waals surface area contributed by atoms with Crippen molar-refractivity contribution >= 4 is 8.58 Å². The minimum absolute atomic E-state index is 1.28. The van der Waals surface area contributed by atoms with E-state index in [0.29, 0.717) is 0 Å². The van der Waals surface area contributed by atoms with Crippen molar-refractivity contribution in [2.24, 2.45) is 0 Å². The number of hydrogen-bond acceptors (Lipinski definition) is 0. The quantitative estimate of drug-likeness (QED) is 0.300. The summed E-state index contributed by atoms with van der Waals surface area (Å²) in [4.78, 5) is 0. The fourth-order valence-electron chi connectivity index (χ4n) is 1.53. The van der Waals surface area contributed by atoms with E-state index in [4.69, 9.17) is 0 Å². The first-order chi connectivity index (χ1) is 7.41. The second kappa shape index (κ2) is 14.2. The highest BCUT2D eigenvalue weighted by atomic mass is 31.1. The molecule has 0 saturated carbocycles. The molecular weight excluding hydrogens is 199 g/mol. The van der Waals surface area contributed by atoms with Gasteiger partial charge in [0.05, 0.1) is 0 Å². The SMILES string of the molecule is CCCCC=C[P]CCCCCCCC. The summed E-state index contributed by atoms with van der Waals surface area (Å²) < 4.78 is 0. The Labute approximate surface area is 98.7 Å². The second-order valence-electron chi connectivity index (χ2n) is 4.20. The Hall–Kier alpha value is 0.170. The summed E-state index contributed by atoms with van der Waals surface area (Å²) in [5, 5.41) is 0. The maximum atomic E-state index is 2.35. The molecule has 1 radical (unpaired) electrons. The molecule has 0 nitrogen and oxygen atoms in total. The summed E-state index contributed by atoms with van der Waals surface area (Å²) in [6.07, 6.45) is 16.2. The maximum absolute atomic E-state index is 2.35. The van der Waals surface area contributed by atoms with E-state index in [1.165, 1.54) is 72.5 Å². The van der Waals surface area contributed by atoms with Gasteiger partial charge < -0.3 is 0 Å². The van der Waals surface area contributed by atoms with Gasteiger partial charge >= 0.3 is 0 Å². The van der Waals surface area contributed by atoms with Crippen molar-refractivity contribution < 1.29 is 0 Å². The van der Waals surface area contributed by atoms with Gasteiger partial charge in [-0.25, -0.2) is 0 Å². The normalized spacial score (nSPS) is 12.1. The van der Waals surface area contributed by atoms with Gasteiger partial charge in [0.2, 0.25) is 0 Å². The van der Waals surface area contributed by atoms with Gasteiger partial charge in [-0.2, -0.15) is 0 Å². The van der Waals surface area contributed by atoms with Gasteiger partial charge in [0, 0.05) is 0 Å². The van der Waals surface area contributed by atoms with Crippen LogP contribution in [0.2, 0.25) is 0 Å². The molecule has 0 aliphatic heterocycles. The third-order valence-corrected chi connectivity index (χ3v) is 3.57. The van der Waals surface area contributed by atoms with Gasteiger partial charge in [-0.1, -0.05) is 79.3 Å². The van der Waals surface area contributed by atoms with Crippen LogP contribution in [0.3, 0.4) is 0 Å². The van der Waals surface area contributed by atoms with Crippen molar-refractivity contribution in [3.63, 3.8) is 0 Å². The molecule has 15 heavy (non-hydrogen) atoms. The Bertz CT molecular complexity index is 129. The van der Waals surface area contributed by atoms with Crippen molar-refractivity contribution in [2.45, 2.75) is 71.6 Å². The van der Waals surface area contributed by atoms with E-state index in [0.717, 1.165) is 0 Å². The molecule has 0 rings (SSSR count). The molecule has 0 bridgehead atoms. The summed E-state index contributed by atoms with van der Waals surface area (Å²) in [5.74, 6) is 2.35. The van der Waals surface area contributed by atoms with Gasteiger partial charge in [-0.3, -0.25) is 0 Å². The molecule has 89 valence electrons. The van der Waals surface area contributed by atoms with Crippen LogP contribution in [0.25, 0.3) is 0 Å². The molecule has 0 fully saturated rings. The predicted octanol–water partition coefficient (Wildman–Crippen LogP) is 6.00. The minimum Gasteiger partial charge on any atom is -0.0837 e. The van der Waals surface area contributed by atoms with Crippen molar-refractivity contribution in [1.82, 2.24) is 0 Å². The molecule has 0 aliphatic rings. The first-order valence-electron chi connectivity index (χ1n) is 6.73. The molecule has 0 atom stereocenters. The monoisotopic (exact) mass is 227 g/mol. The highest BCUT2D eigenvalue weighted by molar-refractivity contribution is 7.41. The lowest BCUT2D eigenvalue weighted by molar-refractivity contribution is 0.626. The molecule has 0 heterocycles. The molecule has 0 unspecified atom stereocenters. The average Bonchev–Trinajstić information content (AvgIpc) is 2.26. The van der Waals surface area contributed by atoms with Crippen LogP contribution in [-0.2, 0) is 0 Å². The van der Waals surface area contributed by atoms with Crippen LogP contribution in [0.5, 0.6) is 0 Å². The maximum Gasteiger partial charge on any atom is -0.0250 e. The predicted molar refractivity (Wildman–Crippen MR) is 73.8 cm³/mol. The van der Waals surface area contributed by atoms with Crippen LogP contribution in [0, 0.1) is 0 Å². The molecule has 0 amide bonds. The topological polar surface area (TPSA) is 0 Å². The van der Waals surface area contributed by atoms with Crippen LogP contribution in [0.1, 0.15) is 71.6 Å². The van der Waals surface area contributed by atoms with Crippen LogP contribution >= 0.6 is 8.58 Å². The third kappa shape index (κ3) is 14.2. The van der Waals surface area contributed by atoms with Crippen LogP contribution in [0.4, 0.5) is 0 Å². The Balaban J connectivity index is 2.95. The standard InChI is InChI=1S/C14H28P/c1-3-5-7-9-10-12-14-15-13-11-8-6-4-2/h11,13H,3-10,12,14H2,1-2H3. The highest BCUT2D eigenvalue weighted by Gasteiger charge is 1.89. The summed E-state index contributed by atoms with van der Waals surface area (Å²) in [5.41, 5.74) is 0. The fourth-order valence-corrected chi connectivity index (χ4v) is 2.38. The molecule has 0 spiro atoms. The smallest absolute Gasteiger partial charge is 0.0250 e. The van der Waals surface area contributed by atoms with Crippen molar-refractivity contribution in [3.05, 3.63) is 11.9 Å². The van der Waals surface area contributed by atoms with Crippen LogP contribution < -0.4 is 0 Å². The number of allylic oxidation sites excluding steroid dienone is 1. The summed E-state index contributed by atoms with van der Waals surface area (Å²) in [6, 6.07) is 0. The van der Waals surface area contributed by atoms with E-state index >= 15 is 0 Å². The average molecular weight is 227 g/mol. The Morgan fingerprint density at radius 1 is 0.800 bits per heavy atom. The minimum atomic E-state index is 1.28. The number of unbranched alkanes of at least 4 members (excludes halogenated alkanes) is 7. The first-order valence-corrected chi connectivity index (χ1v) is 7.88. The zero-order chi connectivity index (χ0) is 11.2. The molecule has 0 aromatic rings. The van der Waals surface area contributed by atoms with E-state index in [1.54, 1.807) is 0 Å². The first kappa shape index (κ1) is 15.2. The van der Waals surface area contributed by atoms with Crippen molar-refractivity contribution in [1.29, 1.82) is 0 Å². The van der Waals surface area contributed by atoms with E-state index in [1.807, 2.05) is 0 Å². The van der Waals surface area contributed by atoms with E-state index in [2.05, 4.69) is 25.7 Å². The van der Waals surface area contributed by atoms with Gasteiger partial charge in [-0.15, -0.1) is 0 Å². The highest BCUT2D eigenvalue weighted by Crippen LogP contribution is 2.16. The molecule has 1 heteroatoms. The zero-order valence-electron chi connectivity index (χ0n) is 10.7. The van der Waals surface area contributed by atoms with Crippen LogP contribution in [0.15, 0.2) is 11.9 Å². The molecule has 0 aromatic heterocycles. The third-order valence-electron chi connectivity index (χ3n) is 2.58. The van der Waals surface area contributed by atoms with E-state index in [-0.39, 0.29) is 0 Å². The Morgan fingerprint density at radius 3 is 2.20 bits per heavy atom. The van der Waals surface area contributed by atoms with Crippen molar-refractivity contribution in [3.8, 4) is 0 Å². The summed E-state index contributed by atoms with van der Waals surface area (Å²) >= 11 is 0. The van der Waals surface area contributed by atoms with E-state index < -0.39 is 0 Å². The molecule has 0 aliphatic carbocycles. The van der Waals surface area contributed by atoms with Gasteiger partial charge in [0.25, 0.3) is 0 Å². The molecule has 0 N–H and O–H groups in total. The summed E-state index contributed by atoms with van der Waals surface area (Å²) in [7, 11) is 1.53. The van der Waals surface area contributed by atoms with Gasteiger partial charge in [-0.05, 0) is 19.0 Å². The second-order valence-corrected chi connectivity index (χ2v) is 5.31. The lowest BCUT2D eigenvalue weighted by atomic mass is 10.1. The van der Waals surface area contributed by atoms with Gasteiger partial charge in [0.15, 0.2) is 0 Å².